The highest BCUT2D eigenvalue weighted by Gasteiger charge is 2.35. The fraction of sp³-hybridized carbons (Fsp3) is 0.692. The van der Waals surface area contributed by atoms with Crippen LogP contribution in [0.1, 0.15) is 31.1 Å². The first kappa shape index (κ1) is 15.9. The Morgan fingerprint density at radius 2 is 2.19 bits per heavy atom. The van der Waals surface area contributed by atoms with Gasteiger partial charge < -0.3 is 25.8 Å². The number of aliphatic hydroxyl groups is 3. The first-order valence-electron chi connectivity index (χ1n) is 6.99. The number of unbranched alkanes of at least 4 members (excludes halogenated alkanes) is 1. The Morgan fingerprint density at radius 3 is 2.81 bits per heavy atom. The van der Waals surface area contributed by atoms with Crippen LogP contribution in [0.5, 0.6) is 0 Å². The highest BCUT2D eigenvalue weighted by molar-refractivity contribution is 5.36. The Bertz CT molecular complexity index is 533. The molecule has 118 valence electrons. The standard InChI is InChI=1S/C13H21N3O5/c14-12-8(3-1-2-4-17)6-16(13(20)15-12)11-5-9(19)10(7-18)21-11/h6,9-11,17-19H,1-5,7H2,(H2,14,15,20)/t9?,10-,11-/m1/s1. The lowest BCUT2D eigenvalue weighted by Crippen LogP contribution is -2.29. The van der Waals surface area contributed by atoms with Crippen LogP contribution in [0.2, 0.25) is 0 Å². The molecule has 8 nitrogen and oxygen atoms in total. The molecule has 0 spiro atoms. The number of hydrogen-bond donors (Lipinski definition) is 4. The minimum Gasteiger partial charge on any atom is -0.396 e. The van der Waals surface area contributed by atoms with Gasteiger partial charge in [-0.15, -0.1) is 0 Å². The minimum atomic E-state index is -0.817. The molecule has 8 heteroatoms. The van der Waals surface area contributed by atoms with Crippen molar-refractivity contribution in [3.63, 3.8) is 0 Å². The fourth-order valence-electron chi connectivity index (χ4n) is 2.40. The number of ether oxygens (including phenoxy) is 1. The van der Waals surface area contributed by atoms with E-state index in [1.807, 2.05) is 0 Å². The van der Waals surface area contributed by atoms with Crippen LogP contribution in [-0.4, -0.2) is 50.3 Å². The van der Waals surface area contributed by atoms with Crippen LogP contribution < -0.4 is 11.4 Å². The number of anilines is 1. The molecule has 2 rings (SSSR count). The third kappa shape index (κ3) is 3.59. The second-order valence-corrected chi connectivity index (χ2v) is 5.14. The lowest BCUT2D eigenvalue weighted by Gasteiger charge is -2.16. The van der Waals surface area contributed by atoms with Crippen molar-refractivity contribution in [1.82, 2.24) is 9.55 Å². The van der Waals surface area contributed by atoms with Gasteiger partial charge in [0.2, 0.25) is 0 Å². The van der Waals surface area contributed by atoms with Crippen LogP contribution in [0.15, 0.2) is 11.0 Å². The Balaban J connectivity index is 2.19. The number of aromatic nitrogens is 2. The summed E-state index contributed by atoms with van der Waals surface area (Å²) in [4.78, 5) is 15.7. The maximum atomic E-state index is 11.9. The predicted molar refractivity (Wildman–Crippen MR) is 74.6 cm³/mol. The number of aryl methyl sites for hydroxylation is 1. The summed E-state index contributed by atoms with van der Waals surface area (Å²) in [5, 5.41) is 27.6. The van der Waals surface area contributed by atoms with E-state index in [0.29, 0.717) is 18.4 Å². The van der Waals surface area contributed by atoms with Gasteiger partial charge >= 0.3 is 5.69 Å². The molecule has 21 heavy (non-hydrogen) atoms. The summed E-state index contributed by atoms with van der Waals surface area (Å²) in [6.07, 6.45) is 1.59. The summed E-state index contributed by atoms with van der Waals surface area (Å²) in [5.74, 6) is 0.173. The van der Waals surface area contributed by atoms with Gasteiger partial charge in [0.05, 0.1) is 12.7 Å². The molecule has 0 aromatic carbocycles. The molecule has 1 saturated heterocycles. The molecule has 1 aliphatic heterocycles. The molecule has 1 unspecified atom stereocenters. The van der Waals surface area contributed by atoms with Crippen LogP contribution in [-0.2, 0) is 11.2 Å². The number of rotatable bonds is 6. The average molecular weight is 299 g/mol. The minimum absolute atomic E-state index is 0.100. The van der Waals surface area contributed by atoms with Gasteiger partial charge in [0.15, 0.2) is 0 Å². The number of nitrogens with two attached hydrogens (primary N) is 1. The summed E-state index contributed by atoms with van der Waals surface area (Å²) in [6.45, 7) is -0.207. The number of nitrogens with zero attached hydrogens (tertiary/aromatic N) is 2. The van der Waals surface area contributed by atoms with Gasteiger partial charge in [0.1, 0.15) is 18.1 Å². The third-order valence-electron chi connectivity index (χ3n) is 3.61. The summed E-state index contributed by atoms with van der Waals surface area (Å²) in [5.41, 5.74) is 5.89. The molecule has 2 heterocycles. The van der Waals surface area contributed by atoms with Crippen molar-refractivity contribution in [2.24, 2.45) is 0 Å². The van der Waals surface area contributed by atoms with E-state index in [-0.39, 0.29) is 25.5 Å². The molecule has 0 amide bonds. The van der Waals surface area contributed by atoms with Crippen LogP contribution >= 0.6 is 0 Å². The molecule has 1 fully saturated rings. The lowest BCUT2D eigenvalue weighted by atomic mass is 10.1. The largest absolute Gasteiger partial charge is 0.396 e. The molecule has 5 N–H and O–H groups in total. The molecular formula is C13H21N3O5. The Morgan fingerprint density at radius 1 is 1.43 bits per heavy atom. The van der Waals surface area contributed by atoms with Crippen LogP contribution in [0.25, 0.3) is 0 Å². The second-order valence-electron chi connectivity index (χ2n) is 5.14. The highest BCUT2D eigenvalue weighted by Crippen LogP contribution is 2.27. The Labute approximate surface area is 121 Å². The number of nitrogen functional groups attached to an aromatic ring is 1. The van der Waals surface area contributed by atoms with E-state index in [9.17, 15) is 9.90 Å². The highest BCUT2D eigenvalue weighted by atomic mass is 16.5. The third-order valence-corrected chi connectivity index (χ3v) is 3.61. The second kappa shape index (κ2) is 6.99. The van der Waals surface area contributed by atoms with Crippen molar-refractivity contribution in [1.29, 1.82) is 0 Å². The van der Waals surface area contributed by atoms with Gasteiger partial charge in [0, 0.05) is 24.8 Å². The van der Waals surface area contributed by atoms with Crippen LogP contribution in [0.3, 0.4) is 0 Å². The lowest BCUT2D eigenvalue weighted by molar-refractivity contribution is -0.0459. The van der Waals surface area contributed by atoms with Gasteiger partial charge in [-0.05, 0) is 19.3 Å². The molecule has 0 saturated carbocycles. The topological polar surface area (TPSA) is 131 Å². The van der Waals surface area contributed by atoms with E-state index in [4.69, 9.17) is 20.7 Å². The molecule has 1 aromatic heterocycles. The first-order valence-corrected chi connectivity index (χ1v) is 6.99. The van der Waals surface area contributed by atoms with E-state index in [0.717, 1.165) is 6.42 Å². The quantitative estimate of drug-likeness (QED) is 0.484. The smallest absolute Gasteiger partial charge is 0.351 e. The molecule has 0 aliphatic carbocycles. The predicted octanol–water partition coefficient (Wildman–Crippen LogP) is -1.22. The Hall–Kier alpha value is -1.48. The van der Waals surface area contributed by atoms with Gasteiger partial charge in [-0.2, -0.15) is 4.98 Å². The van der Waals surface area contributed by atoms with E-state index in [2.05, 4.69) is 4.98 Å². The molecule has 0 bridgehead atoms. The Kier molecular flexibility index (Phi) is 5.29. The van der Waals surface area contributed by atoms with Crippen molar-refractivity contribution in [3.05, 3.63) is 22.2 Å². The van der Waals surface area contributed by atoms with Crippen molar-refractivity contribution < 1.29 is 20.1 Å². The normalized spacial score (nSPS) is 25.4. The van der Waals surface area contributed by atoms with Crippen molar-refractivity contribution >= 4 is 5.82 Å². The average Bonchev–Trinajstić information content (AvgIpc) is 2.82. The molecular weight excluding hydrogens is 278 g/mol. The van der Waals surface area contributed by atoms with Crippen molar-refractivity contribution in [2.75, 3.05) is 18.9 Å². The zero-order valence-electron chi connectivity index (χ0n) is 11.7. The zero-order chi connectivity index (χ0) is 15.4. The summed E-state index contributed by atoms with van der Waals surface area (Å²) >= 11 is 0. The maximum Gasteiger partial charge on any atom is 0.351 e. The van der Waals surface area contributed by atoms with Crippen LogP contribution in [0.4, 0.5) is 5.82 Å². The monoisotopic (exact) mass is 299 g/mol. The summed E-state index contributed by atoms with van der Waals surface area (Å²) < 4.78 is 6.75. The molecule has 1 aliphatic rings. The summed E-state index contributed by atoms with van der Waals surface area (Å²) in [7, 11) is 0. The SMILES string of the molecule is Nc1nc(=O)n([C@H]2CC(O)[C@@H](CO)O2)cc1CCCCO. The van der Waals surface area contributed by atoms with E-state index in [1.165, 1.54) is 4.57 Å². The maximum absolute atomic E-state index is 11.9. The molecule has 0 radical (unpaired) electrons. The van der Waals surface area contributed by atoms with E-state index in [1.54, 1.807) is 6.20 Å². The summed E-state index contributed by atoms with van der Waals surface area (Å²) in [6, 6.07) is 0. The fourth-order valence-corrected chi connectivity index (χ4v) is 2.40. The number of hydrogen-bond acceptors (Lipinski definition) is 7. The van der Waals surface area contributed by atoms with E-state index >= 15 is 0 Å². The molecule has 3 atom stereocenters. The van der Waals surface area contributed by atoms with Gasteiger partial charge in [0.25, 0.3) is 0 Å². The number of aliphatic hydroxyl groups excluding tert-OH is 3. The van der Waals surface area contributed by atoms with E-state index < -0.39 is 24.1 Å². The zero-order valence-corrected chi connectivity index (χ0v) is 11.7. The van der Waals surface area contributed by atoms with Crippen molar-refractivity contribution in [3.8, 4) is 0 Å². The van der Waals surface area contributed by atoms with Gasteiger partial charge in [-0.3, -0.25) is 4.57 Å². The van der Waals surface area contributed by atoms with Gasteiger partial charge in [-0.1, -0.05) is 0 Å². The van der Waals surface area contributed by atoms with Gasteiger partial charge in [-0.25, -0.2) is 4.79 Å². The van der Waals surface area contributed by atoms with Crippen molar-refractivity contribution in [2.45, 2.75) is 44.1 Å². The molecule has 1 aromatic rings. The first-order chi connectivity index (χ1) is 10.1. The van der Waals surface area contributed by atoms with Crippen LogP contribution in [0, 0.1) is 0 Å².